The van der Waals surface area contributed by atoms with Gasteiger partial charge >= 0.3 is 5.71 Å². The fourth-order valence-corrected chi connectivity index (χ4v) is 4.83. The summed E-state index contributed by atoms with van der Waals surface area (Å²) in [7, 11) is -2.29. The van der Waals surface area contributed by atoms with Gasteiger partial charge in [-0.15, -0.1) is 0 Å². The minimum Gasteiger partial charge on any atom is -0.451 e. The van der Waals surface area contributed by atoms with Crippen LogP contribution < -0.4 is 5.30 Å². The molecule has 0 aromatic heterocycles. The van der Waals surface area contributed by atoms with Crippen LogP contribution in [0, 0.1) is 0 Å². The Hall–Kier alpha value is -1.66. The van der Waals surface area contributed by atoms with Crippen molar-refractivity contribution in [1.29, 1.82) is 0 Å². The standard InChI is InChI=1S/C16H17O2P/c1-13(14-9-5-3-6-10-14)19(2,16(17)18)15-11-7-4-8-12-15/h3-13H,1-2H3/p+1. The van der Waals surface area contributed by atoms with Gasteiger partial charge < -0.3 is 5.11 Å². The Morgan fingerprint density at radius 3 is 1.95 bits per heavy atom. The fraction of sp³-hybridized carbons (Fsp3) is 0.188. The third-order valence-corrected chi connectivity index (χ3v) is 7.76. The third kappa shape index (κ3) is 2.54. The van der Waals surface area contributed by atoms with Gasteiger partial charge in [0.05, 0.1) is 6.66 Å². The lowest BCUT2D eigenvalue weighted by atomic mass is 10.2. The van der Waals surface area contributed by atoms with Crippen LogP contribution in [0.15, 0.2) is 60.7 Å². The lowest BCUT2D eigenvalue weighted by Gasteiger charge is -2.24. The van der Waals surface area contributed by atoms with E-state index in [1.165, 1.54) is 0 Å². The Labute approximate surface area is 114 Å². The van der Waals surface area contributed by atoms with Gasteiger partial charge in [0, 0.05) is 0 Å². The van der Waals surface area contributed by atoms with E-state index in [0.29, 0.717) is 0 Å². The van der Waals surface area contributed by atoms with Crippen LogP contribution in [0.25, 0.3) is 0 Å². The summed E-state index contributed by atoms with van der Waals surface area (Å²) in [5.74, 6) is 0. The van der Waals surface area contributed by atoms with Gasteiger partial charge in [-0.25, -0.2) is 4.79 Å². The van der Waals surface area contributed by atoms with Crippen LogP contribution in [0.5, 0.6) is 0 Å². The van der Waals surface area contributed by atoms with E-state index in [4.69, 9.17) is 0 Å². The van der Waals surface area contributed by atoms with Crippen molar-refractivity contribution < 1.29 is 9.90 Å². The normalized spacial score (nSPS) is 15.5. The SMILES string of the molecule is CC(c1ccccc1)[P+](C)(C(=O)O)c1ccccc1. The molecule has 0 saturated carbocycles. The van der Waals surface area contributed by atoms with Gasteiger partial charge in [0.1, 0.15) is 11.0 Å². The van der Waals surface area contributed by atoms with Gasteiger partial charge in [0.15, 0.2) is 7.26 Å². The van der Waals surface area contributed by atoms with Crippen LogP contribution in [0.4, 0.5) is 4.79 Å². The maximum atomic E-state index is 11.9. The van der Waals surface area contributed by atoms with Gasteiger partial charge in [-0.2, -0.15) is 0 Å². The van der Waals surface area contributed by atoms with Crippen molar-refractivity contribution in [3.8, 4) is 0 Å². The van der Waals surface area contributed by atoms with Crippen LogP contribution in [-0.2, 0) is 0 Å². The predicted molar refractivity (Wildman–Crippen MR) is 81.8 cm³/mol. The molecule has 2 unspecified atom stereocenters. The van der Waals surface area contributed by atoms with E-state index in [-0.39, 0.29) is 5.66 Å². The molecule has 0 bridgehead atoms. The zero-order valence-corrected chi connectivity index (χ0v) is 12.0. The molecule has 2 atom stereocenters. The van der Waals surface area contributed by atoms with Crippen LogP contribution in [0.3, 0.4) is 0 Å². The summed E-state index contributed by atoms with van der Waals surface area (Å²) < 4.78 is 0. The van der Waals surface area contributed by atoms with E-state index >= 15 is 0 Å². The summed E-state index contributed by atoms with van der Waals surface area (Å²) in [6, 6.07) is 19.5. The molecule has 0 heterocycles. The van der Waals surface area contributed by atoms with Crippen molar-refractivity contribution in [3.63, 3.8) is 0 Å². The van der Waals surface area contributed by atoms with Crippen molar-refractivity contribution in [2.45, 2.75) is 12.6 Å². The zero-order chi connectivity index (χ0) is 13.9. The largest absolute Gasteiger partial charge is 0.453 e. The first-order valence-corrected chi connectivity index (χ1v) is 8.57. The van der Waals surface area contributed by atoms with Crippen LogP contribution in [0.2, 0.25) is 0 Å². The predicted octanol–water partition coefficient (Wildman–Crippen LogP) is 4.40. The van der Waals surface area contributed by atoms with Gasteiger partial charge in [-0.1, -0.05) is 48.5 Å². The van der Waals surface area contributed by atoms with E-state index < -0.39 is 13.0 Å². The molecule has 0 aliphatic carbocycles. The number of hydrogen-bond donors (Lipinski definition) is 1. The first-order chi connectivity index (χ1) is 9.06. The van der Waals surface area contributed by atoms with Crippen molar-refractivity contribution in [2.75, 3.05) is 6.66 Å². The molecular weight excluding hydrogens is 255 g/mol. The molecule has 2 aromatic rings. The number of rotatable bonds is 4. The molecule has 0 aliphatic heterocycles. The molecule has 98 valence electrons. The monoisotopic (exact) mass is 273 g/mol. The van der Waals surface area contributed by atoms with Crippen LogP contribution in [-0.4, -0.2) is 17.5 Å². The first-order valence-electron chi connectivity index (χ1n) is 6.27. The summed E-state index contributed by atoms with van der Waals surface area (Å²) in [6.07, 6.45) is 0. The Morgan fingerprint density at radius 1 is 1.00 bits per heavy atom. The topological polar surface area (TPSA) is 37.3 Å². The second-order valence-corrected chi connectivity index (χ2v) is 8.60. The molecule has 19 heavy (non-hydrogen) atoms. The highest BCUT2D eigenvalue weighted by Crippen LogP contribution is 2.66. The van der Waals surface area contributed by atoms with Crippen molar-refractivity contribution in [1.82, 2.24) is 0 Å². The smallest absolute Gasteiger partial charge is 0.451 e. The highest BCUT2D eigenvalue weighted by Gasteiger charge is 2.50. The van der Waals surface area contributed by atoms with Gasteiger partial charge in [-0.05, 0) is 24.6 Å². The minimum atomic E-state index is -2.29. The molecule has 0 radical (unpaired) electrons. The first kappa shape index (κ1) is 13.8. The average molecular weight is 273 g/mol. The van der Waals surface area contributed by atoms with E-state index in [9.17, 15) is 9.90 Å². The number of carboxylic acid groups (broad SMARTS) is 1. The van der Waals surface area contributed by atoms with E-state index in [1.54, 1.807) is 0 Å². The number of hydrogen-bond acceptors (Lipinski definition) is 1. The zero-order valence-electron chi connectivity index (χ0n) is 11.2. The highest BCUT2D eigenvalue weighted by atomic mass is 31.2. The molecule has 0 amide bonds. The van der Waals surface area contributed by atoms with Gasteiger partial charge in [0.25, 0.3) is 0 Å². The summed E-state index contributed by atoms with van der Waals surface area (Å²) in [6.45, 7) is 3.92. The van der Waals surface area contributed by atoms with Crippen molar-refractivity contribution in [3.05, 3.63) is 66.2 Å². The summed E-state index contributed by atoms with van der Waals surface area (Å²) in [5, 5.41) is 10.7. The summed E-state index contributed by atoms with van der Waals surface area (Å²) in [4.78, 5) is 11.9. The average Bonchev–Trinajstić information content (AvgIpc) is 2.47. The van der Waals surface area contributed by atoms with Gasteiger partial charge in [-0.3, -0.25) is 0 Å². The maximum Gasteiger partial charge on any atom is 0.453 e. The van der Waals surface area contributed by atoms with E-state index in [2.05, 4.69) is 0 Å². The molecule has 3 heteroatoms. The molecule has 2 rings (SSSR count). The summed E-state index contributed by atoms with van der Waals surface area (Å²) >= 11 is 0. The number of benzene rings is 2. The third-order valence-electron chi connectivity index (χ3n) is 3.75. The maximum absolute atomic E-state index is 11.9. The lowest BCUT2D eigenvalue weighted by Crippen LogP contribution is -2.21. The van der Waals surface area contributed by atoms with Crippen molar-refractivity contribution in [2.24, 2.45) is 0 Å². The van der Waals surface area contributed by atoms with E-state index in [0.717, 1.165) is 10.9 Å². The minimum absolute atomic E-state index is 0.00796. The fourth-order valence-electron chi connectivity index (χ4n) is 2.27. The highest BCUT2D eigenvalue weighted by molar-refractivity contribution is 7.96. The summed E-state index contributed by atoms with van der Waals surface area (Å²) in [5.41, 5.74) is 0.410. The van der Waals surface area contributed by atoms with Crippen molar-refractivity contribution >= 4 is 18.3 Å². The lowest BCUT2D eigenvalue weighted by molar-refractivity contribution is 0.220. The quantitative estimate of drug-likeness (QED) is 0.838. The molecular formula is C16H18O2P+. The van der Waals surface area contributed by atoms with E-state index in [1.807, 2.05) is 74.3 Å². The van der Waals surface area contributed by atoms with Crippen LogP contribution >= 0.6 is 7.26 Å². The molecule has 2 nitrogen and oxygen atoms in total. The van der Waals surface area contributed by atoms with Crippen LogP contribution in [0.1, 0.15) is 18.1 Å². The number of carbonyl (C=O) groups is 1. The molecule has 0 spiro atoms. The molecule has 1 N–H and O–H groups in total. The second kappa shape index (κ2) is 5.54. The molecule has 0 saturated heterocycles. The Kier molecular flexibility index (Phi) is 4.01. The van der Waals surface area contributed by atoms with Gasteiger partial charge in [0.2, 0.25) is 0 Å². The molecule has 0 fully saturated rings. The Bertz CT molecular complexity index is 553. The Morgan fingerprint density at radius 2 is 1.47 bits per heavy atom. The second-order valence-electron chi connectivity index (χ2n) is 4.78. The Balaban J connectivity index is 2.49. The molecule has 0 aliphatic rings. The molecule has 2 aromatic carbocycles.